The number of hydrogen-bond donors (Lipinski definition) is 0. The second-order valence-electron chi connectivity index (χ2n) is 22.2. The molecule has 0 fully saturated rings. The van der Waals surface area contributed by atoms with Gasteiger partial charge in [0.25, 0.3) is 0 Å². The van der Waals surface area contributed by atoms with Crippen molar-refractivity contribution < 1.29 is 0 Å². The zero-order valence-electron chi connectivity index (χ0n) is 45.6. The number of hydrogen-bond acceptors (Lipinski definition) is 1. The first-order valence-corrected chi connectivity index (χ1v) is 29.1. The highest BCUT2D eigenvalue weighted by molar-refractivity contribution is 6.12. The molecule has 0 N–H and O–H groups in total. The van der Waals surface area contributed by atoms with Crippen LogP contribution in [0.1, 0.15) is 48.9 Å². The summed E-state index contributed by atoms with van der Waals surface area (Å²) in [5, 5.41) is 6.41. The molecular weight excluding hydrogens is 993 g/mol. The first kappa shape index (κ1) is 47.8. The predicted molar refractivity (Wildman–Crippen MR) is 347 cm³/mol. The molecule has 0 bridgehead atoms. The van der Waals surface area contributed by atoms with Crippen molar-refractivity contribution in [1.29, 1.82) is 0 Å². The fourth-order valence-electron chi connectivity index (χ4n) is 13.5. The van der Waals surface area contributed by atoms with E-state index in [0.717, 1.165) is 49.9 Å². The van der Waals surface area contributed by atoms with Gasteiger partial charge < -0.3 is 18.6 Å². The number of aromatic nitrogens is 3. The molecule has 0 atom stereocenters. The van der Waals surface area contributed by atoms with Crippen LogP contribution in [0.4, 0.5) is 11.4 Å². The van der Waals surface area contributed by atoms with Crippen LogP contribution in [0.3, 0.4) is 0 Å². The second kappa shape index (κ2) is 19.9. The van der Waals surface area contributed by atoms with Gasteiger partial charge in [0.05, 0.1) is 27.6 Å². The Morgan fingerprint density at radius 2 is 0.829 bits per heavy atom. The van der Waals surface area contributed by atoms with Crippen LogP contribution >= 0.6 is 0 Å². The van der Waals surface area contributed by atoms with Crippen LogP contribution in [0.25, 0.3) is 117 Å². The number of aryl methyl sites for hydroxylation is 1. The van der Waals surface area contributed by atoms with Gasteiger partial charge in [-0.1, -0.05) is 170 Å². The smallest absolute Gasteiger partial charge is 0.0543 e. The molecule has 0 saturated heterocycles. The number of nitrogens with zero attached hydrogens (tertiary/aromatic N) is 4. The summed E-state index contributed by atoms with van der Waals surface area (Å²) in [6.07, 6.45) is 22.4. The van der Waals surface area contributed by atoms with Crippen molar-refractivity contribution in [2.45, 2.75) is 38.5 Å². The molecule has 3 aromatic heterocycles. The van der Waals surface area contributed by atoms with Crippen LogP contribution in [0, 0.1) is 0 Å². The van der Waals surface area contributed by atoms with E-state index in [4.69, 9.17) is 0 Å². The number of benzene rings is 10. The van der Waals surface area contributed by atoms with E-state index in [0.29, 0.717) is 0 Å². The van der Waals surface area contributed by atoms with Crippen LogP contribution in [0.5, 0.6) is 0 Å². The van der Waals surface area contributed by atoms with E-state index in [-0.39, 0.29) is 0 Å². The Morgan fingerprint density at radius 1 is 0.317 bits per heavy atom. The quantitative estimate of drug-likeness (QED) is 0.133. The van der Waals surface area contributed by atoms with Crippen molar-refractivity contribution in [2.75, 3.05) is 4.90 Å². The molecular formula is C78H58N4. The molecule has 0 saturated carbocycles. The monoisotopic (exact) mass is 1050 g/mol. The zero-order chi connectivity index (χ0) is 54.1. The van der Waals surface area contributed by atoms with Crippen molar-refractivity contribution in [1.82, 2.24) is 13.7 Å². The molecule has 0 unspecified atom stereocenters. The summed E-state index contributed by atoms with van der Waals surface area (Å²) in [5.41, 5.74) is 26.0. The van der Waals surface area contributed by atoms with Gasteiger partial charge in [-0.15, -0.1) is 0 Å². The molecule has 82 heavy (non-hydrogen) atoms. The topological polar surface area (TPSA) is 18.0 Å². The highest BCUT2D eigenvalue weighted by Crippen LogP contribution is 2.43. The highest BCUT2D eigenvalue weighted by atomic mass is 15.1. The standard InChI is InChI=1S/C78H58N4/c1-4-16-61(17-5-1)80-74-26-14-11-23-68(74)71-50-58(39-48-76(71)80)56-34-43-65(44-35-56)79(66-45-36-57(37-46-66)59-40-49-77-72(51-59)69-24-12-15-27-75(69)81(77)62-18-6-2-7-19-62)64-41-32-54(33-42-64)53-28-30-55(31-29-53)60-38-47-70-67-22-10-13-25-73(67)82(78(70)52-60)63-20-8-3-9-21-63/h1,3-6,8-9,11-21,23-32,34-41,43-52H,2,7,10,22,33,42H2. The van der Waals surface area contributed by atoms with Gasteiger partial charge in [-0.3, -0.25) is 0 Å². The molecule has 10 aromatic carbocycles. The first-order chi connectivity index (χ1) is 40.7. The Kier molecular flexibility index (Phi) is 11.6. The van der Waals surface area contributed by atoms with Crippen LogP contribution in [0.2, 0.25) is 0 Å². The maximum atomic E-state index is 2.47. The molecule has 3 aliphatic rings. The summed E-state index contributed by atoms with van der Waals surface area (Å²) in [6, 6.07) is 87.8. The molecule has 0 aliphatic heterocycles. The summed E-state index contributed by atoms with van der Waals surface area (Å²) in [5.74, 6) is 0. The Labute approximate surface area is 478 Å². The predicted octanol–water partition coefficient (Wildman–Crippen LogP) is 20.9. The van der Waals surface area contributed by atoms with Crippen molar-refractivity contribution in [3.63, 3.8) is 0 Å². The number of rotatable bonds is 10. The van der Waals surface area contributed by atoms with Gasteiger partial charge in [0.15, 0.2) is 0 Å². The van der Waals surface area contributed by atoms with Crippen molar-refractivity contribution in [3.05, 3.63) is 296 Å². The van der Waals surface area contributed by atoms with Crippen molar-refractivity contribution in [2.24, 2.45) is 0 Å². The average Bonchev–Trinajstić information content (AvgIpc) is 3.93. The summed E-state index contributed by atoms with van der Waals surface area (Å²) < 4.78 is 7.26. The fraction of sp³-hybridized carbons (Fsp3) is 0.0769. The lowest BCUT2D eigenvalue weighted by Gasteiger charge is -2.30. The molecule has 4 heteroatoms. The minimum atomic E-state index is 0.901. The van der Waals surface area contributed by atoms with Gasteiger partial charge in [-0.2, -0.15) is 0 Å². The summed E-state index contributed by atoms with van der Waals surface area (Å²) in [6.45, 7) is 0. The first-order valence-electron chi connectivity index (χ1n) is 29.1. The molecule has 3 aliphatic carbocycles. The van der Waals surface area contributed by atoms with Gasteiger partial charge in [0, 0.05) is 66.8 Å². The summed E-state index contributed by atoms with van der Waals surface area (Å²) in [7, 11) is 0. The molecule has 16 rings (SSSR count). The molecule has 13 aromatic rings. The third-order valence-corrected chi connectivity index (χ3v) is 17.5. The lowest BCUT2D eigenvalue weighted by molar-refractivity contribution is 0.930. The van der Waals surface area contributed by atoms with Crippen LogP contribution in [-0.2, 0) is 6.42 Å². The largest absolute Gasteiger partial charge is 0.314 e. The fourth-order valence-corrected chi connectivity index (χ4v) is 13.5. The zero-order valence-corrected chi connectivity index (χ0v) is 45.6. The molecule has 390 valence electrons. The van der Waals surface area contributed by atoms with E-state index in [1.54, 1.807) is 0 Å². The Bertz CT molecular complexity index is 4800. The van der Waals surface area contributed by atoms with Gasteiger partial charge in [-0.25, -0.2) is 0 Å². The van der Waals surface area contributed by atoms with Crippen LogP contribution < -0.4 is 4.90 Å². The maximum Gasteiger partial charge on any atom is 0.0543 e. The van der Waals surface area contributed by atoms with Crippen molar-refractivity contribution >= 4 is 83.2 Å². The molecule has 0 amide bonds. The second-order valence-corrected chi connectivity index (χ2v) is 22.2. The van der Waals surface area contributed by atoms with Gasteiger partial charge in [0.1, 0.15) is 0 Å². The minimum absolute atomic E-state index is 0.901. The molecule has 0 radical (unpaired) electrons. The number of para-hydroxylation sites is 4. The van der Waals surface area contributed by atoms with E-state index >= 15 is 0 Å². The maximum absolute atomic E-state index is 2.47. The molecule has 3 heterocycles. The number of fused-ring (bicyclic) bond motifs is 9. The highest BCUT2D eigenvalue weighted by Gasteiger charge is 2.23. The van der Waals surface area contributed by atoms with Crippen LogP contribution in [0.15, 0.2) is 279 Å². The number of allylic oxidation sites excluding steroid dienone is 9. The third-order valence-electron chi connectivity index (χ3n) is 17.5. The van der Waals surface area contributed by atoms with Crippen LogP contribution in [-0.4, -0.2) is 13.7 Å². The van der Waals surface area contributed by atoms with E-state index in [1.807, 2.05) is 0 Å². The Morgan fingerprint density at radius 3 is 1.44 bits per heavy atom. The third kappa shape index (κ3) is 8.12. The van der Waals surface area contributed by atoms with E-state index in [9.17, 15) is 0 Å². The average molecular weight is 1050 g/mol. The van der Waals surface area contributed by atoms with Gasteiger partial charge >= 0.3 is 0 Å². The van der Waals surface area contributed by atoms with Crippen molar-refractivity contribution in [3.8, 4) is 44.8 Å². The van der Waals surface area contributed by atoms with E-state index in [2.05, 4.69) is 298 Å². The SMILES string of the molecule is C1=CC(n2c3ccccc3c3cc(-c4ccc(N(C5=CC=C(c6ccc(-c7ccc8c9c(n(-c%10ccccc%10)c8c7)C=CCC9)cc6)CC5)c5ccc(-c6ccc7c(c6)c6ccccc6n7-c6ccccc6)cc5)cc4)ccc32)=CCC1. The normalized spacial score (nSPS) is 14.2. The molecule has 0 spiro atoms. The summed E-state index contributed by atoms with van der Waals surface area (Å²) in [4.78, 5) is 2.47. The van der Waals surface area contributed by atoms with E-state index in [1.165, 1.54) is 133 Å². The van der Waals surface area contributed by atoms with Gasteiger partial charge in [-0.05, 0) is 198 Å². The summed E-state index contributed by atoms with van der Waals surface area (Å²) >= 11 is 0. The Balaban J connectivity index is 0.740. The lowest BCUT2D eigenvalue weighted by Crippen LogP contribution is -2.17. The molecule has 4 nitrogen and oxygen atoms in total. The lowest BCUT2D eigenvalue weighted by atomic mass is 9.93. The van der Waals surface area contributed by atoms with E-state index < -0.39 is 0 Å². The van der Waals surface area contributed by atoms with Gasteiger partial charge in [0.2, 0.25) is 0 Å². The minimum Gasteiger partial charge on any atom is -0.314 e. The number of anilines is 2. The Hall–Kier alpha value is -10.2.